The molecule has 0 radical (unpaired) electrons. The Kier molecular flexibility index (Phi) is 2.75. The van der Waals surface area contributed by atoms with Crippen molar-refractivity contribution in [3.8, 4) is 11.4 Å². The lowest BCUT2D eigenvalue weighted by atomic mass is 10.0. The molecule has 0 amide bonds. The SMILES string of the molecule is CC(O)c1cc(Cl)ccc1-c1ncc[nH]1. The van der Waals surface area contributed by atoms with Crippen LogP contribution in [0.2, 0.25) is 5.02 Å². The number of rotatable bonds is 2. The zero-order valence-corrected chi connectivity index (χ0v) is 8.99. The van der Waals surface area contributed by atoms with Crippen LogP contribution in [0.5, 0.6) is 0 Å². The Morgan fingerprint density at radius 2 is 2.27 bits per heavy atom. The Bertz CT molecular complexity index is 452. The third kappa shape index (κ3) is 2.03. The number of H-pyrrole nitrogens is 1. The summed E-state index contributed by atoms with van der Waals surface area (Å²) in [6.45, 7) is 1.71. The lowest BCUT2D eigenvalue weighted by molar-refractivity contribution is 0.200. The van der Waals surface area contributed by atoms with Crippen molar-refractivity contribution in [3.05, 3.63) is 41.2 Å². The molecule has 78 valence electrons. The summed E-state index contributed by atoms with van der Waals surface area (Å²) in [7, 11) is 0. The standard InChI is InChI=1S/C11H11ClN2O/c1-7(15)10-6-8(12)2-3-9(10)11-13-4-5-14-11/h2-7,15H,1H3,(H,13,14). The Balaban J connectivity index is 2.56. The quantitative estimate of drug-likeness (QED) is 0.821. The second-order valence-electron chi connectivity index (χ2n) is 3.35. The van der Waals surface area contributed by atoms with E-state index in [-0.39, 0.29) is 0 Å². The highest BCUT2D eigenvalue weighted by molar-refractivity contribution is 6.30. The predicted molar refractivity (Wildman–Crippen MR) is 59.7 cm³/mol. The van der Waals surface area contributed by atoms with Gasteiger partial charge in [0.1, 0.15) is 5.82 Å². The smallest absolute Gasteiger partial charge is 0.137 e. The molecule has 4 heteroatoms. The Hall–Kier alpha value is -1.32. The van der Waals surface area contributed by atoms with Gasteiger partial charge in [0, 0.05) is 23.0 Å². The summed E-state index contributed by atoms with van der Waals surface area (Å²) in [5, 5.41) is 10.2. The second-order valence-corrected chi connectivity index (χ2v) is 3.78. The minimum absolute atomic E-state index is 0.566. The molecule has 3 nitrogen and oxygen atoms in total. The topological polar surface area (TPSA) is 48.9 Å². The van der Waals surface area contributed by atoms with Crippen LogP contribution in [-0.2, 0) is 0 Å². The number of benzene rings is 1. The van der Waals surface area contributed by atoms with Gasteiger partial charge in [-0.15, -0.1) is 0 Å². The third-order valence-corrected chi connectivity index (χ3v) is 2.45. The molecule has 0 aliphatic heterocycles. The van der Waals surface area contributed by atoms with Gasteiger partial charge in [0.05, 0.1) is 6.10 Å². The minimum Gasteiger partial charge on any atom is -0.389 e. The van der Waals surface area contributed by atoms with Crippen LogP contribution in [0.1, 0.15) is 18.6 Å². The number of imidazole rings is 1. The van der Waals surface area contributed by atoms with E-state index in [4.69, 9.17) is 11.6 Å². The number of nitrogens with zero attached hydrogens (tertiary/aromatic N) is 1. The molecule has 0 saturated carbocycles. The highest BCUT2D eigenvalue weighted by Crippen LogP contribution is 2.28. The summed E-state index contributed by atoms with van der Waals surface area (Å²) in [6.07, 6.45) is 2.86. The molecule has 0 fully saturated rings. The van der Waals surface area contributed by atoms with E-state index in [1.165, 1.54) is 0 Å². The van der Waals surface area contributed by atoms with Gasteiger partial charge in [-0.1, -0.05) is 11.6 Å². The van der Waals surface area contributed by atoms with Crippen molar-refractivity contribution in [2.24, 2.45) is 0 Å². The summed E-state index contributed by atoms with van der Waals surface area (Å²) in [4.78, 5) is 7.15. The van der Waals surface area contributed by atoms with Crippen molar-refractivity contribution in [1.82, 2.24) is 9.97 Å². The van der Waals surface area contributed by atoms with E-state index in [1.807, 2.05) is 6.07 Å². The summed E-state index contributed by atoms with van der Waals surface area (Å²) < 4.78 is 0. The monoisotopic (exact) mass is 222 g/mol. The molecule has 0 saturated heterocycles. The molecule has 1 aromatic heterocycles. The van der Waals surface area contributed by atoms with Crippen molar-refractivity contribution in [2.45, 2.75) is 13.0 Å². The first-order valence-electron chi connectivity index (χ1n) is 4.66. The molecular weight excluding hydrogens is 212 g/mol. The minimum atomic E-state index is -0.566. The molecule has 0 bridgehead atoms. The van der Waals surface area contributed by atoms with Crippen molar-refractivity contribution >= 4 is 11.6 Å². The average molecular weight is 223 g/mol. The third-order valence-electron chi connectivity index (χ3n) is 2.22. The molecule has 1 aromatic carbocycles. The van der Waals surface area contributed by atoms with Crippen LogP contribution in [0.25, 0.3) is 11.4 Å². The van der Waals surface area contributed by atoms with Gasteiger partial charge in [0.25, 0.3) is 0 Å². The van der Waals surface area contributed by atoms with Gasteiger partial charge in [0.15, 0.2) is 0 Å². The first kappa shape index (κ1) is 10.2. The van der Waals surface area contributed by atoms with Gasteiger partial charge >= 0.3 is 0 Å². The van der Waals surface area contributed by atoms with E-state index >= 15 is 0 Å². The van der Waals surface area contributed by atoms with Crippen LogP contribution in [0.3, 0.4) is 0 Å². The van der Waals surface area contributed by atoms with E-state index in [1.54, 1.807) is 31.5 Å². The Morgan fingerprint density at radius 1 is 1.47 bits per heavy atom. The van der Waals surface area contributed by atoms with E-state index in [0.29, 0.717) is 5.02 Å². The molecule has 0 aliphatic rings. The van der Waals surface area contributed by atoms with Crippen molar-refractivity contribution < 1.29 is 5.11 Å². The van der Waals surface area contributed by atoms with E-state index < -0.39 is 6.10 Å². The molecule has 1 heterocycles. The summed E-state index contributed by atoms with van der Waals surface area (Å²) in [5.41, 5.74) is 1.65. The molecule has 2 aromatic rings. The number of aliphatic hydroxyl groups excluding tert-OH is 1. The highest BCUT2D eigenvalue weighted by Gasteiger charge is 2.11. The van der Waals surface area contributed by atoms with Crippen LogP contribution >= 0.6 is 11.6 Å². The fourth-order valence-electron chi connectivity index (χ4n) is 1.51. The van der Waals surface area contributed by atoms with Gasteiger partial charge < -0.3 is 10.1 Å². The van der Waals surface area contributed by atoms with Crippen LogP contribution in [0, 0.1) is 0 Å². The normalized spacial score (nSPS) is 12.7. The maximum atomic E-state index is 9.63. The summed E-state index contributed by atoms with van der Waals surface area (Å²) in [6, 6.07) is 5.39. The van der Waals surface area contributed by atoms with Crippen molar-refractivity contribution in [2.75, 3.05) is 0 Å². The average Bonchev–Trinajstić information content (AvgIpc) is 2.70. The molecular formula is C11H11ClN2O. The number of halogens is 1. The largest absolute Gasteiger partial charge is 0.389 e. The zero-order chi connectivity index (χ0) is 10.8. The number of hydrogen-bond donors (Lipinski definition) is 2. The molecule has 1 atom stereocenters. The number of aliphatic hydroxyl groups is 1. The highest BCUT2D eigenvalue weighted by atomic mass is 35.5. The molecule has 2 N–H and O–H groups in total. The Morgan fingerprint density at radius 3 is 2.87 bits per heavy atom. The van der Waals surface area contributed by atoms with Crippen molar-refractivity contribution in [1.29, 1.82) is 0 Å². The summed E-state index contributed by atoms with van der Waals surface area (Å²) >= 11 is 5.88. The molecule has 15 heavy (non-hydrogen) atoms. The van der Waals surface area contributed by atoms with Gasteiger partial charge in [0.2, 0.25) is 0 Å². The van der Waals surface area contributed by atoms with E-state index in [0.717, 1.165) is 17.0 Å². The molecule has 2 rings (SSSR count). The van der Waals surface area contributed by atoms with Crippen molar-refractivity contribution in [3.63, 3.8) is 0 Å². The Labute approximate surface area is 92.7 Å². The number of aromatic nitrogens is 2. The lowest BCUT2D eigenvalue weighted by Crippen LogP contribution is -1.96. The first-order chi connectivity index (χ1) is 7.18. The molecule has 0 aliphatic carbocycles. The van der Waals surface area contributed by atoms with Crippen LogP contribution in [0.15, 0.2) is 30.6 Å². The van der Waals surface area contributed by atoms with E-state index in [9.17, 15) is 5.11 Å². The zero-order valence-electron chi connectivity index (χ0n) is 8.24. The summed E-state index contributed by atoms with van der Waals surface area (Å²) in [5.74, 6) is 0.738. The fraction of sp³-hybridized carbons (Fsp3) is 0.182. The number of nitrogens with one attached hydrogen (secondary N) is 1. The maximum Gasteiger partial charge on any atom is 0.137 e. The van der Waals surface area contributed by atoms with Gasteiger partial charge in [-0.3, -0.25) is 0 Å². The lowest BCUT2D eigenvalue weighted by Gasteiger charge is -2.10. The predicted octanol–water partition coefficient (Wildman–Crippen LogP) is 2.78. The second kappa shape index (κ2) is 4.04. The van der Waals surface area contributed by atoms with Gasteiger partial charge in [-0.05, 0) is 30.7 Å². The number of hydrogen-bond acceptors (Lipinski definition) is 2. The molecule has 0 spiro atoms. The fourth-order valence-corrected chi connectivity index (χ4v) is 1.69. The van der Waals surface area contributed by atoms with Gasteiger partial charge in [-0.25, -0.2) is 4.98 Å². The number of aromatic amines is 1. The van der Waals surface area contributed by atoms with Gasteiger partial charge in [-0.2, -0.15) is 0 Å². The van der Waals surface area contributed by atoms with E-state index in [2.05, 4.69) is 9.97 Å². The molecule has 1 unspecified atom stereocenters. The maximum absolute atomic E-state index is 9.63. The van der Waals surface area contributed by atoms with Crippen LogP contribution < -0.4 is 0 Å². The van der Waals surface area contributed by atoms with Crippen LogP contribution in [0.4, 0.5) is 0 Å². The first-order valence-corrected chi connectivity index (χ1v) is 5.03. The van der Waals surface area contributed by atoms with Crippen LogP contribution in [-0.4, -0.2) is 15.1 Å².